The fourth-order valence-corrected chi connectivity index (χ4v) is 3.16. The first kappa shape index (κ1) is 14.6. The van der Waals surface area contributed by atoms with E-state index in [1.807, 2.05) is 12.1 Å². The van der Waals surface area contributed by atoms with Crippen LogP contribution in [0.2, 0.25) is 0 Å². The minimum absolute atomic E-state index is 0.365. The van der Waals surface area contributed by atoms with Gasteiger partial charge in [0, 0.05) is 5.69 Å². The van der Waals surface area contributed by atoms with Gasteiger partial charge in [-0.2, -0.15) is 5.26 Å². The Hall–Kier alpha value is -2.28. The predicted molar refractivity (Wildman–Crippen MR) is 85.7 cm³/mol. The van der Waals surface area contributed by atoms with Gasteiger partial charge in [0.1, 0.15) is 17.6 Å². The van der Waals surface area contributed by atoms with E-state index in [2.05, 4.69) is 25.2 Å². The molecule has 0 saturated carbocycles. The van der Waals surface area contributed by atoms with Crippen LogP contribution < -0.4 is 5.32 Å². The zero-order valence-electron chi connectivity index (χ0n) is 13.1. The van der Waals surface area contributed by atoms with Gasteiger partial charge in [-0.3, -0.25) is 0 Å². The first-order chi connectivity index (χ1) is 10.7. The molecule has 0 aromatic carbocycles. The van der Waals surface area contributed by atoms with Crippen LogP contribution in [0.3, 0.4) is 0 Å². The number of nitriles is 1. The number of fused-ring (bicyclic) bond motifs is 1. The molecule has 0 saturated heterocycles. The molecule has 3 rings (SSSR count). The number of nitrogens with one attached hydrogen (secondary N) is 1. The minimum Gasteiger partial charge on any atom is -0.467 e. The largest absolute Gasteiger partial charge is 0.467 e. The highest BCUT2D eigenvalue weighted by Gasteiger charge is 2.23. The quantitative estimate of drug-likeness (QED) is 0.920. The van der Waals surface area contributed by atoms with Gasteiger partial charge in [0.2, 0.25) is 0 Å². The number of pyridine rings is 1. The molecule has 0 amide bonds. The maximum Gasteiger partial charge on any atom is 0.144 e. The van der Waals surface area contributed by atoms with Crippen molar-refractivity contribution in [3.05, 3.63) is 46.5 Å². The molecule has 0 fully saturated rings. The van der Waals surface area contributed by atoms with Crippen molar-refractivity contribution >= 4 is 5.82 Å². The smallest absolute Gasteiger partial charge is 0.144 e. The predicted octanol–water partition coefficient (Wildman–Crippen LogP) is 4.16. The van der Waals surface area contributed by atoms with Gasteiger partial charge < -0.3 is 9.73 Å². The molecular formula is C18H21N3O. The van der Waals surface area contributed by atoms with Crippen molar-refractivity contribution in [2.24, 2.45) is 0 Å². The van der Waals surface area contributed by atoms with Gasteiger partial charge in [-0.05, 0) is 54.9 Å². The molecule has 1 aliphatic carbocycles. The molecular weight excluding hydrogens is 274 g/mol. The zero-order chi connectivity index (χ0) is 15.5. The number of hydrogen-bond donors (Lipinski definition) is 1. The lowest BCUT2D eigenvalue weighted by molar-refractivity contribution is 0.517. The van der Waals surface area contributed by atoms with Gasteiger partial charge in [-0.1, -0.05) is 13.8 Å². The average Bonchev–Trinajstić information content (AvgIpc) is 3.04. The molecule has 4 heteroatoms. The molecule has 2 heterocycles. The third-order valence-corrected chi connectivity index (χ3v) is 4.22. The van der Waals surface area contributed by atoms with Crippen LogP contribution in [0, 0.1) is 11.3 Å². The van der Waals surface area contributed by atoms with E-state index >= 15 is 0 Å². The van der Waals surface area contributed by atoms with Crippen molar-refractivity contribution in [3.63, 3.8) is 0 Å². The highest BCUT2D eigenvalue weighted by molar-refractivity contribution is 5.60. The Kier molecular flexibility index (Phi) is 4.15. The van der Waals surface area contributed by atoms with Crippen molar-refractivity contribution in [2.75, 3.05) is 5.32 Å². The molecule has 0 unspecified atom stereocenters. The Labute approximate surface area is 131 Å². The lowest BCUT2D eigenvalue weighted by Gasteiger charge is -2.23. The van der Waals surface area contributed by atoms with Crippen molar-refractivity contribution in [1.82, 2.24) is 4.98 Å². The Morgan fingerprint density at radius 1 is 1.32 bits per heavy atom. The van der Waals surface area contributed by atoms with Crippen LogP contribution in [0.4, 0.5) is 5.82 Å². The molecule has 114 valence electrons. The number of anilines is 1. The Morgan fingerprint density at radius 2 is 2.09 bits per heavy atom. The Bertz CT molecular complexity index is 696. The third kappa shape index (κ3) is 2.71. The second-order valence-electron chi connectivity index (χ2n) is 6.08. The van der Waals surface area contributed by atoms with E-state index in [0.717, 1.165) is 30.7 Å². The number of furan rings is 1. The molecule has 2 aromatic heterocycles. The summed E-state index contributed by atoms with van der Waals surface area (Å²) in [7, 11) is 0. The number of nitrogens with zero attached hydrogens (tertiary/aromatic N) is 2. The molecule has 0 atom stereocenters. The van der Waals surface area contributed by atoms with Gasteiger partial charge in [-0.25, -0.2) is 4.98 Å². The van der Waals surface area contributed by atoms with Crippen LogP contribution in [-0.4, -0.2) is 4.98 Å². The SMILES string of the molecule is CC(C)c1nc(NCc2ccco2)c(C#N)c2c1CCCC2. The summed E-state index contributed by atoms with van der Waals surface area (Å²) in [6, 6.07) is 6.14. The summed E-state index contributed by atoms with van der Waals surface area (Å²) in [5.41, 5.74) is 4.36. The van der Waals surface area contributed by atoms with Crippen LogP contribution in [0.25, 0.3) is 0 Å². The number of aromatic nitrogens is 1. The molecule has 22 heavy (non-hydrogen) atoms. The first-order valence-corrected chi connectivity index (χ1v) is 7.92. The summed E-state index contributed by atoms with van der Waals surface area (Å²) in [5, 5.41) is 12.9. The van der Waals surface area contributed by atoms with E-state index in [4.69, 9.17) is 9.40 Å². The van der Waals surface area contributed by atoms with Crippen LogP contribution in [-0.2, 0) is 19.4 Å². The van der Waals surface area contributed by atoms with E-state index in [1.54, 1.807) is 6.26 Å². The van der Waals surface area contributed by atoms with E-state index < -0.39 is 0 Å². The van der Waals surface area contributed by atoms with Gasteiger partial charge in [0.15, 0.2) is 0 Å². The second kappa shape index (κ2) is 6.23. The highest BCUT2D eigenvalue weighted by Crippen LogP contribution is 2.33. The summed E-state index contributed by atoms with van der Waals surface area (Å²) < 4.78 is 5.35. The molecule has 4 nitrogen and oxygen atoms in total. The zero-order valence-corrected chi connectivity index (χ0v) is 13.1. The number of rotatable bonds is 4. The lowest BCUT2D eigenvalue weighted by atomic mass is 9.85. The summed E-state index contributed by atoms with van der Waals surface area (Å²) in [6.45, 7) is 4.88. The van der Waals surface area contributed by atoms with Crippen LogP contribution in [0.5, 0.6) is 0 Å². The van der Waals surface area contributed by atoms with Crippen molar-refractivity contribution in [3.8, 4) is 6.07 Å². The van der Waals surface area contributed by atoms with Crippen LogP contribution >= 0.6 is 0 Å². The lowest BCUT2D eigenvalue weighted by Crippen LogP contribution is -2.15. The topological polar surface area (TPSA) is 61.9 Å². The molecule has 1 N–H and O–H groups in total. The van der Waals surface area contributed by atoms with E-state index in [9.17, 15) is 5.26 Å². The highest BCUT2D eigenvalue weighted by atomic mass is 16.3. The maximum absolute atomic E-state index is 9.61. The fraction of sp³-hybridized carbons (Fsp3) is 0.444. The van der Waals surface area contributed by atoms with Gasteiger partial charge >= 0.3 is 0 Å². The standard InChI is InChI=1S/C18H21N3O/c1-12(2)17-15-8-4-3-7-14(15)16(10-19)18(21-17)20-11-13-6-5-9-22-13/h5-6,9,12H,3-4,7-8,11H2,1-2H3,(H,20,21). The molecule has 2 aromatic rings. The van der Waals surface area contributed by atoms with Crippen LogP contribution in [0.15, 0.2) is 22.8 Å². The molecule has 0 bridgehead atoms. The number of hydrogen-bond acceptors (Lipinski definition) is 4. The summed E-state index contributed by atoms with van der Waals surface area (Å²) in [6.07, 6.45) is 6.03. The Balaban J connectivity index is 2.01. The summed E-state index contributed by atoms with van der Waals surface area (Å²) in [4.78, 5) is 4.78. The van der Waals surface area contributed by atoms with Crippen molar-refractivity contribution < 1.29 is 4.42 Å². The van der Waals surface area contributed by atoms with Gasteiger partial charge in [0.05, 0.1) is 18.4 Å². The molecule has 0 aliphatic heterocycles. The minimum atomic E-state index is 0.365. The Morgan fingerprint density at radius 3 is 2.73 bits per heavy atom. The van der Waals surface area contributed by atoms with Crippen molar-refractivity contribution in [1.29, 1.82) is 5.26 Å². The first-order valence-electron chi connectivity index (χ1n) is 7.92. The molecule has 0 radical (unpaired) electrons. The van der Waals surface area contributed by atoms with Gasteiger partial charge in [-0.15, -0.1) is 0 Å². The molecule has 0 spiro atoms. The second-order valence-corrected chi connectivity index (χ2v) is 6.08. The summed E-state index contributed by atoms with van der Waals surface area (Å²) >= 11 is 0. The van der Waals surface area contributed by atoms with Crippen molar-refractivity contribution in [2.45, 2.75) is 52.0 Å². The van der Waals surface area contributed by atoms with Crippen LogP contribution in [0.1, 0.15) is 60.8 Å². The molecule has 1 aliphatic rings. The monoisotopic (exact) mass is 295 g/mol. The van der Waals surface area contributed by atoms with E-state index in [1.165, 1.54) is 17.5 Å². The van der Waals surface area contributed by atoms with E-state index in [0.29, 0.717) is 23.8 Å². The average molecular weight is 295 g/mol. The fourth-order valence-electron chi connectivity index (χ4n) is 3.16. The van der Waals surface area contributed by atoms with Gasteiger partial charge in [0.25, 0.3) is 0 Å². The summed E-state index contributed by atoms with van der Waals surface area (Å²) in [5.74, 6) is 1.90. The third-order valence-electron chi connectivity index (χ3n) is 4.22. The maximum atomic E-state index is 9.61. The van der Waals surface area contributed by atoms with E-state index in [-0.39, 0.29) is 0 Å². The normalized spacial score (nSPS) is 13.7.